The minimum Gasteiger partial charge on any atom is -0.0888 e. The molecule has 2 rings (SSSR count). The molecule has 17 heavy (non-hydrogen) atoms. The zero-order valence-electron chi connectivity index (χ0n) is 9.93. The van der Waals surface area contributed by atoms with Crippen molar-refractivity contribution in [1.29, 1.82) is 0 Å². The van der Waals surface area contributed by atoms with Crippen LogP contribution < -0.4 is 0 Å². The van der Waals surface area contributed by atoms with Crippen LogP contribution in [-0.2, 0) is 6.42 Å². The summed E-state index contributed by atoms with van der Waals surface area (Å²) in [5.74, 6) is 1.50. The Morgan fingerprint density at radius 3 is 2.82 bits per heavy atom. The molecule has 0 bridgehead atoms. The second-order valence-electron chi connectivity index (χ2n) is 5.11. The van der Waals surface area contributed by atoms with Gasteiger partial charge in [0, 0.05) is 4.83 Å². The fourth-order valence-electron chi connectivity index (χ4n) is 2.66. The molecule has 0 spiro atoms. The van der Waals surface area contributed by atoms with Gasteiger partial charge in [-0.25, -0.2) is 0 Å². The van der Waals surface area contributed by atoms with Crippen LogP contribution in [0.4, 0.5) is 0 Å². The van der Waals surface area contributed by atoms with Crippen molar-refractivity contribution in [2.24, 2.45) is 11.8 Å². The minimum atomic E-state index is 0.619. The highest BCUT2D eigenvalue weighted by Crippen LogP contribution is 2.37. The van der Waals surface area contributed by atoms with Crippen LogP contribution in [-0.4, -0.2) is 4.83 Å². The van der Waals surface area contributed by atoms with Crippen LogP contribution in [0.15, 0.2) is 18.2 Å². The van der Waals surface area contributed by atoms with Crippen LogP contribution in [0.2, 0.25) is 10.0 Å². The van der Waals surface area contributed by atoms with Gasteiger partial charge in [-0.1, -0.05) is 58.2 Å². The van der Waals surface area contributed by atoms with Crippen LogP contribution in [0.5, 0.6) is 0 Å². The van der Waals surface area contributed by atoms with Crippen molar-refractivity contribution in [3.63, 3.8) is 0 Å². The summed E-state index contributed by atoms with van der Waals surface area (Å²) in [4.78, 5) is 0.619. The molecule has 0 aromatic heterocycles. The predicted molar refractivity (Wildman–Crippen MR) is 79.4 cm³/mol. The molecule has 0 aliphatic heterocycles. The number of hydrogen-bond acceptors (Lipinski definition) is 0. The molecule has 0 radical (unpaired) electrons. The number of halogens is 3. The lowest BCUT2D eigenvalue weighted by atomic mass is 9.79. The Bertz CT molecular complexity index is 392. The second kappa shape index (κ2) is 5.95. The lowest BCUT2D eigenvalue weighted by molar-refractivity contribution is 0.294. The molecule has 0 heterocycles. The molecule has 94 valence electrons. The Morgan fingerprint density at radius 1 is 1.29 bits per heavy atom. The number of alkyl halides is 1. The smallest absolute Gasteiger partial charge is 0.0624 e. The first-order valence-electron chi connectivity index (χ1n) is 6.15. The summed E-state index contributed by atoms with van der Waals surface area (Å²) >= 11 is 16.1. The third kappa shape index (κ3) is 3.39. The Balaban J connectivity index is 2.11. The van der Waals surface area contributed by atoms with E-state index in [1.807, 2.05) is 12.1 Å². The van der Waals surface area contributed by atoms with Crippen molar-refractivity contribution in [3.8, 4) is 0 Å². The van der Waals surface area contributed by atoms with Crippen LogP contribution in [0.3, 0.4) is 0 Å². The third-order valence-corrected chi connectivity index (χ3v) is 5.73. The molecule has 0 saturated heterocycles. The molecule has 1 aromatic carbocycles. The molecular formula is C14H17BrCl2. The summed E-state index contributed by atoms with van der Waals surface area (Å²) in [6, 6.07) is 5.93. The first-order chi connectivity index (χ1) is 8.08. The standard InChI is InChI=1S/C14H17BrCl2/c1-9-5-6-12(15)11(7-9)8-10-3-2-4-13(16)14(10)17/h2-4,9,11-12H,5-8H2,1H3. The van der Waals surface area contributed by atoms with E-state index in [1.54, 1.807) is 0 Å². The number of hydrogen-bond donors (Lipinski definition) is 0. The van der Waals surface area contributed by atoms with E-state index in [0.29, 0.717) is 15.8 Å². The Kier molecular flexibility index (Phi) is 4.80. The highest BCUT2D eigenvalue weighted by molar-refractivity contribution is 9.09. The van der Waals surface area contributed by atoms with Gasteiger partial charge >= 0.3 is 0 Å². The largest absolute Gasteiger partial charge is 0.0888 e. The maximum absolute atomic E-state index is 6.25. The Morgan fingerprint density at radius 2 is 2.06 bits per heavy atom. The van der Waals surface area contributed by atoms with Gasteiger partial charge in [0.15, 0.2) is 0 Å². The lowest BCUT2D eigenvalue weighted by Crippen LogP contribution is -2.25. The molecule has 1 fully saturated rings. The fourth-order valence-corrected chi connectivity index (χ4v) is 3.73. The van der Waals surface area contributed by atoms with Gasteiger partial charge in [0.1, 0.15) is 0 Å². The normalized spacial score (nSPS) is 29.3. The summed E-state index contributed by atoms with van der Waals surface area (Å²) in [5.41, 5.74) is 1.18. The third-order valence-electron chi connectivity index (χ3n) is 3.67. The maximum atomic E-state index is 6.25. The first-order valence-corrected chi connectivity index (χ1v) is 7.82. The van der Waals surface area contributed by atoms with Crippen molar-refractivity contribution >= 4 is 39.1 Å². The highest BCUT2D eigenvalue weighted by Gasteiger charge is 2.27. The maximum Gasteiger partial charge on any atom is 0.0624 e. The zero-order chi connectivity index (χ0) is 12.4. The molecule has 3 atom stereocenters. The van der Waals surface area contributed by atoms with Crippen LogP contribution >= 0.6 is 39.1 Å². The first kappa shape index (κ1) is 13.7. The monoisotopic (exact) mass is 334 g/mol. The van der Waals surface area contributed by atoms with Crippen molar-refractivity contribution in [3.05, 3.63) is 33.8 Å². The van der Waals surface area contributed by atoms with Crippen molar-refractivity contribution in [2.75, 3.05) is 0 Å². The molecule has 0 N–H and O–H groups in total. The van der Waals surface area contributed by atoms with Crippen molar-refractivity contribution in [1.82, 2.24) is 0 Å². The predicted octanol–water partition coefficient (Wildman–Crippen LogP) is 5.74. The molecule has 1 saturated carbocycles. The fraction of sp³-hybridized carbons (Fsp3) is 0.571. The SMILES string of the molecule is CC1CCC(Br)C(Cc2cccc(Cl)c2Cl)C1. The van der Waals surface area contributed by atoms with E-state index >= 15 is 0 Å². The Hall–Kier alpha value is 0.280. The number of benzene rings is 1. The minimum absolute atomic E-state index is 0.619. The van der Waals surface area contributed by atoms with Gasteiger partial charge in [-0.15, -0.1) is 0 Å². The molecular weight excluding hydrogens is 319 g/mol. The average Bonchev–Trinajstić information content (AvgIpc) is 2.30. The molecule has 3 heteroatoms. The van der Waals surface area contributed by atoms with Gasteiger partial charge in [0.05, 0.1) is 10.0 Å². The van der Waals surface area contributed by atoms with Crippen LogP contribution in [0.25, 0.3) is 0 Å². The molecule has 3 unspecified atom stereocenters. The van der Waals surface area contributed by atoms with Gasteiger partial charge in [-0.2, -0.15) is 0 Å². The topological polar surface area (TPSA) is 0 Å². The summed E-state index contributed by atoms with van der Waals surface area (Å²) in [6.45, 7) is 2.34. The molecule has 1 aromatic rings. The summed E-state index contributed by atoms with van der Waals surface area (Å²) in [5, 5.41) is 1.39. The molecule has 0 nitrogen and oxygen atoms in total. The van der Waals surface area contributed by atoms with E-state index in [1.165, 1.54) is 24.8 Å². The highest BCUT2D eigenvalue weighted by atomic mass is 79.9. The van der Waals surface area contributed by atoms with Crippen molar-refractivity contribution < 1.29 is 0 Å². The van der Waals surface area contributed by atoms with E-state index in [4.69, 9.17) is 23.2 Å². The van der Waals surface area contributed by atoms with E-state index in [2.05, 4.69) is 28.9 Å². The van der Waals surface area contributed by atoms with E-state index in [9.17, 15) is 0 Å². The molecule has 1 aliphatic rings. The van der Waals surface area contributed by atoms with Gasteiger partial charge in [-0.05, 0) is 49.1 Å². The van der Waals surface area contributed by atoms with E-state index in [-0.39, 0.29) is 0 Å². The average molecular weight is 336 g/mol. The number of rotatable bonds is 2. The second-order valence-corrected chi connectivity index (χ2v) is 7.07. The zero-order valence-corrected chi connectivity index (χ0v) is 13.0. The van der Waals surface area contributed by atoms with Gasteiger partial charge in [0.2, 0.25) is 0 Å². The van der Waals surface area contributed by atoms with Gasteiger partial charge < -0.3 is 0 Å². The molecule has 0 amide bonds. The van der Waals surface area contributed by atoms with Crippen LogP contribution in [0, 0.1) is 11.8 Å². The Labute approximate surface area is 122 Å². The summed E-state index contributed by atoms with van der Waals surface area (Å²) < 4.78 is 0. The van der Waals surface area contributed by atoms with Gasteiger partial charge in [-0.3, -0.25) is 0 Å². The summed E-state index contributed by atoms with van der Waals surface area (Å²) in [7, 11) is 0. The van der Waals surface area contributed by atoms with E-state index < -0.39 is 0 Å². The summed E-state index contributed by atoms with van der Waals surface area (Å²) in [6.07, 6.45) is 4.90. The molecule has 1 aliphatic carbocycles. The quantitative estimate of drug-likeness (QED) is 0.605. The van der Waals surface area contributed by atoms with Crippen molar-refractivity contribution in [2.45, 2.75) is 37.4 Å². The van der Waals surface area contributed by atoms with Gasteiger partial charge in [0.25, 0.3) is 0 Å². The van der Waals surface area contributed by atoms with Crippen LogP contribution in [0.1, 0.15) is 31.7 Å². The lowest BCUT2D eigenvalue weighted by Gasteiger charge is -2.31. The van der Waals surface area contributed by atoms with E-state index in [0.717, 1.165) is 17.4 Å².